The molecule has 1 fully saturated rings. The van der Waals surface area contributed by atoms with Crippen LogP contribution in [0.5, 0.6) is 0 Å². The van der Waals surface area contributed by atoms with Gasteiger partial charge in [0.25, 0.3) is 5.91 Å². The van der Waals surface area contributed by atoms with Gasteiger partial charge >= 0.3 is 0 Å². The molecule has 1 saturated heterocycles. The van der Waals surface area contributed by atoms with E-state index in [1.165, 1.54) is 5.56 Å². The minimum atomic E-state index is -0.164. The molecule has 4 nitrogen and oxygen atoms in total. The molecule has 0 radical (unpaired) electrons. The summed E-state index contributed by atoms with van der Waals surface area (Å²) in [6.45, 7) is 9.04. The van der Waals surface area contributed by atoms with E-state index < -0.39 is 0 Å². The maximum atomic E-state index is 13.1. The number of aromatic amines is 1. The average molecular weight is 314 g/mol. The molecule has 124 valence electrons. The first-order valence-corrected chi connectivity index (χ1v) is 8.29. The number of fused-ring (bicyclic) bond motifs is 1. The standard InChI is InChI=1S/C19H26N2O2/c1-12-13(2)20-17-15(12)7-6-8-16(17)18(22)21(5)14-9-10-23-19(3,4)11-14/h6-8,14,20H,9-11H2,1-5H3/t14-/m0/s1. The van der Waals surface area contributed by atoms with Gasteiger partial charge in [0.2, 0.25) is 0 Å². The highest BCUT2D eigenvalue weighted by atomic mass is 16.5. The largest absolute Gasteiger partial charge is 0.375 e. The van der Waals surface area contributed by atoms with Gasteiger partial charge in [-0.25, -0.2) is 0 Å². The van der Waals surface area contributed by atoms with Crippen molar-refractivity contribution < 1.29 is 9.53 Å². The van der Waals surface area contributed by atoms with Crippen molar-refractivity contribution in [3.63, 3.8) is 0 Å². The number of aromatic nitrogens is 1. The number of hydrogen-bond donors (Lipinski definition) is 1. The molecule has 4 heteroatoms. The Morgan fingerprint density at radius 3 is 2.78 bits per heavy atom. The van der Waals surface area contributed by atoms with Crippen molar-refractivity contribution in [2.24, 2.45) is 0 Å². The highest BCUT2D eigenvalue weighted by molar-refractivity contribution is 6.06. The Balaban J connectivity index is 1.92. The Labute approximate surface area is 137 Å². The van der Waals surface area contributed by atoms with E-state index in [2.05, 4.69) is 31.8 Å². The molecule has 1 aromatic heterocycles. The normalized spacial score (nSPS) is 20.7. The number of rotatable bonds is 2. The van der Waals surface area contributed by atoms with Crippen LogP contribution >= 0.6 is 0 Å². The third kappa shape index (κ3) is 2.88. The molecule has 1 atom stereocenters. The van der Waals surface area contributed by atoms with E-state index in [4.69, 9.17) is 4.74 Å². The maximum absolute atomic E-state index is 13.1. The van der Waals surface area contributed by atoms with Crippen LogP contribution in [-0.2, 0) is 4.74 Å². The lowest BCUT2D eigenvalue weighted by atomic mass is 9.92. The van der Waals surface area contributed by atoms with Crippen LogP contribution in [0.3, 0.4) is 0 Å². The van der Waals surface area contributed by atoms with Crippen LogP contribution in [-0.4, -0.2) is 41.1 Å². The molecule has 0 bridgehead atoms. The van der Waals surface area contributed by atoms with Gasteiger partial charge in [-0.3, -0.25) is 4.79 Å². The van der Waals surface area contributed by atoms with Crippen LogP contribution in [0.1, 0.15) is 48.3 Å². The molecule has 0 aliphatic carbocycles. The fourth-order valence-corrected chi connectivity index (χ4v) is 3.55. The number of hydrogen-bond acceptors (Lipinski definition) is 2. The molecule has 1 N–H and O–H groups in total. The molecular formula is C19H26N2O2. The molecule has 1 aliphatic rings. The second kappa shape index (κ2) is 5.68. The zero-order chi connectivity index (χ0) is 16.8. The van der Waals surface area contributed by atoms with E-state index in [0.717, 1.165) is 35.0 Å². The number of carbonyl (C=O) groups excluding carboxylic acids is 1. The Morgan fingerprint density at radius 1 is 1.35 bits per heavy atom. The second-order valence-corrected chi connectivity index (χ2v) is 7.27. The number of aryl methyl sites for hydroxylation is 2. The van der Waals surface area contributed by atoms with Crippen molar-refractivity contribution in [1.82, 2.24) is 9.88 Å². The van der Waals surface area contributed by atoms with Crippen LogP contribution in [0.15, 0.2) is 18.2 Å². The number of benzene rings is 1. The van der Waals surface area contributed by atoms with E-state index in [1.54, 1.807) is 0 Å². The monoisotopic (exact) mass is 314 g/mol. The van der Waals surface area contributed by atoms with Crippen molar-refractivity contribution in [2.75, 3.05) is 13.7 Å². The molecule has 3 rings (SSSR count). The van der Waals surface area contributed by atoms with Gasteiger partial charge in [0, 0.05) is 30.8 Å². The Morgan fingerprint density at radius 2 is 2.09 bits per heavy atom. The van der Waals surface area contributed by atoms with Crippen molar-refractivity contribution in [1.29, 1.82) is 0 Å². The average Bonchev–Trinajstić information content (AvgIpc) is 2.80. The van der Waals surface area contributed by atoms with Gasteiger partial charge in [-0.2, -0.15) is 0 Å². The highest BCUT2D eigenvalue weighted by Crippen LogP contribution is 2.29. The molecular weight excluding hydrogens is 288 g/mol. The second-order valence-electron chi connectivity index (χ2n) is 7.27. The van der Waals surface area contributed by atoms with Crippen LogP contribution in [0.25, 0.3) is 10.9 Å². The number of ether oxygens (including phenoxy) is 1. The summed E-state index contributed by atoms with van der Waals surface area (Å²) in [6.07, 6.45) is 1.76. The smallest absolute Gasteiger partial charge is 0.255 e. The van der Waals surface area contributed by atoms with Gasteiger partial charge in [-0.15, -0.1) is 0 Å². The first-order valence-electron chi connectivity index (χ1n) is 8.29. The number of H-pyrrole nitrogens is 1. The summed E-state index contributed by atoms with van der Waals surface area (Å²) in [5, 5.41) is 1.13. The lowest BCUT2D eigenvalue weighted by Gasteiger charge is -2.39. The molecule has 0 spiro atoms. The van der Waals surface area contributed by atoms with Crippen LogP contribution in [0.2, 0.25) is 0 Å². The van der Waals surface area contributed by atoms with Gasteiger partial charge in [0.1, 0.15) is 0 Å². The third-order valence-electron chi connectivity index (χ3n) is 5.11. The van der Waals surface area contributed by atoms with Gasteiger partial charge in [0.15, 0.2) is 0 Å². The van der Waals surface area contributed by atoms with Gasteiger partial charge in [-0.1, -0.05) is 12.1 Å². The lowest BCUT2D eigenvalue weighted by Crippen LogP contribution is -2.46. The molecule has 2 aromatic rings. The van der Waals surface area contributed by atoms with E-state index in [-0.39, 0.29) is 17.6 Å². The minimum absolute atomic E-state index is 0.0829. The molecule has 0 unspecified atom stereocenters. The minimum Gasteiger partial charge on any atom is -0.375 e. The van der Waals surface area contributed by atoms with E-state index >= 15 is 0 Å². The van der Waals surface area contributed by atoms with Gasteiger partial charge in [0.05, 0.1) is 16.7 Å². The summed E-state index contributed by atoms with van der Waals surface area (Å²) in [5.41, 5.74) is 3.87. The molecule has 0 saturated carbocycles. The van der Waals surface area contributed by atoms with Crippen LogP contribution < -0.4 is 0 Å². The first-order chi connectivity index (χ1) is 10.8. The highest BCUT2D eigenvalue weighted by Gasteiger charge is 2.33. The number of amides is 1. The summed E-state index contributed by atoms with van der Waals surface area (Å²) in [6, 6.07) is 6.18. The fraction of sp³-hybridized carbons (Fsp3) is 0.526. The predicted octanol–water partition coefficient (Wildman–Crippen LogP) is 3.81. The van der Waals surface area contributed by atoms with Crippen LogP contribution in [0.4, 0.5) is 0 Å². The number of para-hydroxylation sites is 1. The Hall–Kier alpha value is -1.81. The summed E-state index contributed by atoms with van der Waals surface area (Å²) < 4.78 is 5.78. The molecule has 1 aromatic carbocycles. The summed E-state index contributed by atoms with van der Waals surface area (Å²) >= 11 is 0. The van der Waals surface area contributed by atoms with E-state index in [1.807, 2.05) is 31.0 Å². The zero-order valence-corrected chi connectivity index (χ0v) is 14.7. The lowest BCUT2D eigenvalue weighted by molar-refractivity contribution is -0.0755. The summed E-state index contributed by atoms with van der Waals surface area (Å²) in [5.74, 6) is 0.0829. The summed E-state index contributed by atoms with van der Waals surface area (Å²) in [4.78, 5) is 18.3. The third-order valence-corrected chi connectivity index (χ3v) is 5.11. The number of nitrogens with one attached hydrogen (secondary N) is 1. The van der Waals surface area contributed by atoms with Gasteiger partial charge in [-0.05, 0) is 52.2 Å². The Kier molecular flexibility index (Phi) is 3.96. The molecule has 1 amide bonds. The zero-order valence-electron chi connectivity index (χ0n) is 14.7. The quantitative estimate of drug-likeness (QED) is 0.916. The summed E-state index contributed by atoms with van der Waals surface area (Å²) in [7, 11) is 1.91. The molecule has 23 heavy (non-hydrogen) atoms. The van der Waals surface area contributed by atoms with E-state index in [0.29, 0.717) is 6.61 Å². The van der Waals surface area contributed by atoms with Crippen LogP contribution in [0, 0.1) is 13.8 Å². The van der Waals surface area contributed by atoms with Gasteiger partial charge < -0.3 is 14.6 Å². The maximum Gasteiger partial charge on any atom is 0.255 e. The molecule has 1 aliphatic heterocycles. The van der Waals surface area contributed by atoms with E-state index in [9.17, 15) is 4.79 Å². The van der Waals surface area contributed by atoms with Crippen molar-refractivity contribution in [3.8, 4) is 0 Å². The Bertz CT molecular complexity index is 745. The number of nitrogens with zero attached hydrogens (tertiary/aromatic N) is 1. The fourth-order valence-electron chi connectivity index (χ4n) is 3.55. The molecule has 2 heterocycles. The van der Waals surface area contributed by atoms with Crippen molar-refractivity contribution in [2.45, 2.75) is 52.2 Å². The topological polar surface area (TPSA) is 45.3 Å². The number of carbonyl (C=O) groups is 1. The first kappa shape index (κ1) is 16.1. The van der Waals surface area contributed by atoms with Crippen molar-refractivity contribution in [3.05, 3.63) is 35.0 Å². The van der Waals surface area contributed by atoms with Crippen molar-refractivity contribution >= 4 is 16.8 Å². The SMILES string of the molecule is Cc1[nH]c2c(C(=O)N(C)[C@H]3CCOC(C)(C)C3)cccc2c1C. The predicted molar refractivity (Wildman–Crippen MR) is 92.9 cm³/mol.